The van der Waals surface area contributed by atoms with E-state index in [1.54, 1.807) is 0 Å². The van der Waals surface area contributed by atoms with Crippen molar-refractivity contribution in [1.29, 1.82) is 0 Å². The third-order valence-corrected chi connectivity index (χ3v) is 7.66. The smallest absolute Gasteiger partial charge is 0.234 e. The van der Waals surface area contributed by atoms with Crippen LogP contribution >= 0.6 is 0 Å². The van der Waals surface area contributed by atoms with Crippen molar-refractivity contribution in [3.8, 4) is 0 Å². The van der Waals surface area contributed by atoms with Gasteiger partial charge in [0.2, 0.25) is 5.91 Å². The van der Waals surface area contributed by atoms with Gasteiger partial charge in [-0.25, -0.2) is 0 Å². The molecule has 1 amide bonds. The number of amides is 1. The molecule has 1 aliphatic heterocycles. The van der Waals surface area contributed by atoms with E-state index in [0.717, 1.165) is 43.7 Å². The molecule has 3 saturated carbocycles. The molecule has 4 aliphatic rings. The maximum atomic E-state index is 12.5. The topological polar surface area (TPSA) is 41.6 Å². The predicted octanol–water partition coefficient (Wildman–Crippen LogP) is 3.74. The molecule has 1 N–H and O–H groups in total. The van der Waals surface area contributed by atoms with Crippen molar-refractivity contribution in [2.24, 2.45) is 17.8 Å². The number of likely N-dealkylation sites (tertiary alicyclic amines) is 1. The normalized spacial score (nSPS) is 34.9. The fourth-order valence-electron chi connectivity index (χ4n) is 6.19. The lowest BCUT2D eigenvalue weighted by Gasteiger charge is -2.35. The zero-order valence-electron chi connectivity index (χ0n) is 16.6. The van der Waals surface area contributed by atoms with E-state index in [1.807, 2.05) is 0 Å². The Kier molecular flexibility index (Phi) is 6.20. The Bertz CT molecular complexity index is 469. The Morgan fingerprint density at radius 1 is 1.00 bits per heavy atom. The summed E-state index contributed by atoms with van der Waals surface area (Å²) in [6.45, 7) is 4.81. The third-order valence-electron chi connectivity index (χ3n) is 7.66. The number of nitrogens with one attached hydrogen (secondary N) is 1. The van der Waals surface area contributed by atoms with Crippen molar-refractivity contribution in [3.63, 3.8) is 0 Å². The summed E-state index contributed by atoms with van der Waals surface area (Å²) in [5.41, 5.74) is 0. The first-order chi connectivity index (χ1) is 12.7. The first-order valence-corrected chi connectivity index (χ1v) is 11.3. The molecule has 3 aliphatic carbocycles. The van der Waals surface area contributed by atoms with Crippen LogP contribution in [-0.2, 0) is 9.53 Å². The van der Waals surface area contributed by atoms with E-state index in [-0.39, 0.29) is 5.91 Å². The van der Waals surface area contributed by atoms with Gasteiger partial charge in [-0.3, -0.25) is 9.69 Å². The maximum absolute atomic E-state index is 12.5. The van der Waals surface area contributed by atoms with Crippen molar-refractivity contribution >= 4 is 5.91 Å². The number of rotatable bonds is 6. The van der Waals surface area contributed by atoms with Gasteiger partial charge >= 0.3 is 0 Å². The van der Waals surface area contributed by atoms with E-state index in [4.69, 9.17) is 4.74 Å². The molecule has 1 saturated heterocycles. The first kappa shape index (κ1) is 18.7. The zero-order valence-corrected chi connectivity index (χ0v) is 16.6. The second-order valence-corrected chi connectivity index (χ2v) is 9.57. The van der Waals surface area contributed by atoms with Crippen molar-refractivity contribution in [1.82, 2.24) is 10.2 Å². The molecule has 0 aromatic carbocycles. The van der Waals surface area contributed by atoms with Gasteiger partial charge in [0.1, 0.15) is 0 Å². The Labute approximate surface area is 159 Å². The SMILES string of the molecule is CC(NC(=O)CN1CCC(OC2CCCCC2)CC1)C1CC2CCC1C2. The fourth-order valence-corrected chi connectivity index (χ4v) is 6.19. The quantitative estimate of drug-likeness (QED) is 0.782. The Morgan fingerprint density at radius 3 is 2.38 bits per heavy atom. The highest BCUT2D eigenvalue weighted by Crippen LogP contribution is 2.49. The largest absolute Gasteiger partial charge is 0.375 e. The minimum absolute atomic E-state index is 0.229. The average molecular weight is 363 g/mol. The van der Waals surface area contributed by atoms with Crippen molar-refractivity contribution in [2.45, 2.75) is 95.8 Å². The molecule has 0 aromatic heterocycles. The van der Waals surface area contributed by atoms with E-state index in [0.29, 0.717) is 24.8 Å². The van der Waals surface area contributed by atoms with Gasteiger partial charge in [-0.2, -0.15) is 0 Å². The molecule has 0 spiro atoms. The number of hydrogen-bond acceptors (Lipinski definition) is 3. The summed E-state index contributed by atoms with van der Waals surface area (Å²) < 4.78 is 6.32. The number of piperidine rings is 1. The van der Waals surface area contributed by atoms with Crippen LogP contribution in [0.3, 0.4) is 0 Å². The van der Waals surface area contributed by atoms with Crippen molar-refractivity contribution in [3.05, 3.63) is 0 Å². The van der Waals surface area contributed by atoms with Gasteiger partial charge in [-0.1, -0.05) is 25.7 Å². The van der Waals surface area contributed by atoms with Gasteiger partial charge in [0.05, 0.1) is 18.8 Å². The van der Waals surface area contributed by atoms with Crippen LogP contribution in [0.2, 0.25) is 0 Å². The molecule has 4 heteroatoms. The van der Waals surface area contributed by atoms with Gasteiger partial charge in [-0.05, 0) is 69.6 Å². The summed E-state index contributed by atoms with van der Waals surface area (Å²) in [4.78, 5) is 14.8. The minimum atomic E-state index is 0.229. The second kappa shape index (κ2) is 8.60. The summed E-state index contributed by atoms with van der Waals surface area (Å²) in [6.07, 6.45) is 15.3. The lowest BCUT2D eigenvalue weighted by atomic mass is 9.84. The highest BCUT2D eigenvalue weighted by Gasteiger charge is 2.42. The summed E-state index contributed by atoms with van der Waals surface area (Å²) >= 11 is 0. The van der Waals surface area contributed by atoms with E-state index < -0.39 is 0 Å². The van der Waals surface area contributed by atoms with Crippen LogP contribution in [-0.4, -0.2) is 48.7 Å². The lowest BCUT2D eigenvalue weighted by molar-refractivity contribution is -0.124. The van der Waals surface area contributed by atoms with Crippen molar-refractivity contribution in [2.75, 3.05) is 19.6 Å². The van der Waals surface area contributed by atoms with Crippen LogP contribution in [0.5, 0.6) is 0 Å². The Morgan fingerprint density at radius 2 is 1.73 bits per heavy atom. The molecule has 4 atom stereocenters. The van der Waals surface area contributed by atoms with Crippen LogP contribution in [0.25, 0.3) is 0 Å². The highest BCUT2D eigenvalue weighted by atomic mass is 16.5. The molecule has 4 rings (SSSR count). The molecule has 148 valence electrons. The van der Waals surface area contributed by atoms with Crippen LogP contribution in [0.15, 0.2) is 0 Å². The van der Waals surface area contributed by atoms with Crippen LogP contribution < -0.4 is 5.32 Å². The number of carbonyl (C=O) groups excluding carboxylic acids is 1. The first-order valence-electron chi connectivity index (χ1n) is 11.3. The van der Waals surface area contributed by atoms with Gasteiger partial charge in [-0.15, -0.1) is 0 Å². The minimum Gasteiger partial charge on any atom is -0.375 e. The molecule has 2 bridgehead atoms. The maximum Gasteiger partial charge on any atom is 0.234 e. The average Bonchev–Trinajstić information content (AvgIpc) is 3.28. The monoisotopic (exact) mass is 362 g/mol. The van der Waals surface area contributed by atoms with Crippen molar-refractivity contribution < 1.29 is 9.53 Å². The number of nitrogens with zero attached hydrogens (tertiary/aromatic N) is 1. The van der Waals surface area contributed by atoms with E-state index >= 15 is 0 Å². The zero-order chi connectivity index (χ0) is 17.9. The van der Waals surface area contributed by atoms with E-state index in [9.17, 15) is 4.79 Å². The fraction of sp³-hybridized carbons (Fsp3) is 0.955. The van der Waals surface area contributed by atoms with Gasteiger partial charge in [0, 0.05) is 19.1 Å². The number of fused-ring (bicyclic) bond motifs is 2. The third kappa shape index (κ3) is 4.62. The van der Waals surface area contributed by atoms with Crippen LogP contribution in [0.4, 0.5) is 0 Å². The number of carbonyl (C=O) groups is 1. The molecule has 0 radical (unpaired) electrons. The highest BCUT2D eigenvalue weighted by molar-refractivity contribution is 5.78. The Hall–Kier alpha value is -0.610. The lowest BCUT2D eigenvalue weighted by Crippen LogP contribution is -2.47. The molecule has 4 unspecified atom stereocenters. The van der Waals surface area contributed by atoms with Gasteiger partial charge in [0.25, 0.3) is 0 Å². The molecular formula is C22H38N2O2. The Balaban J connectivity index is 1.14. The molecule has 1 heterocycles. The van der Waals surface area contributed by atoms with E-state index in [2.05, 4.69) is 17.1 Å². The predicted molar refractivity (Wildman–Crippen MR) is 104 cm³/mol. The number of hydrogen-bond donors (Lipinski definition) is 1. The molecule has 0 aromatic rings. The molecule has 4 fully saturated rings. The summed E-state index contributed by atoms with van der Waals surface area (Å²) in [5.74, 6) is 2.79. The molecular weight excluding hydrogens is 324 g/mol. The van der Waals surface area contributed by atoms with E-state index in [1.165, 1.54) is 57.8 Å². The van der Waals surface area contributed by atoms with Crippen LogP contribution in [0.1, 0.15) is 77.6 Å². The van der Waals surface area contributed by atoms with Gasteiger partial charge < -0.3 is 10.1 Å². The summed E-state index contributed by atoms with van der Waals surface area (Å²) in [7, 11) is 0. The second-order valence-electron chi connectivity index (χ2n) is 9.57. The summed E-state index contributed by atoms with van der Waals surface area (Å²) in [5, 5.41) is 3.32. The number of ether oxygens (including phenoxy) is 1. The summed E-state index contributed by atoms with van der Waals surface area (Å²) in [6, 6.07) is 0.352. The standard InChI is InChI=1S/C22H38N2O2/c1-16(21-14-17-7-8-18(21)13-17)23-22(25)15-24-11-9-20(10-12-24)26-19-5-3-2-4-6-19/h16-21H,2-15H2,1H3,(H,23,25). The molecule has 4 nitrogen and oxygen atoms in total. The van der Waals surface area contributed by atoms with Crippen LogP contribution in [0, 0.1) is 17.8 Å². The van der Waals surface area contributed by atoms with Gasteiger partial charge in [0.15, 0.2) is 0 Å². The molecule has 26 heavy (non-hydrogen) atoms.